The Labute approximate surface area is 130 Å². The molecule has 2 aromatic rings. The molecule has 0 spiro atoms. The number of halogens is 1. The molecule has 0 aliphatic carbocycles. The molecular weight excluding hydrogens is 338 g/mol. The van der Waals surface area contributed by atoms with E-state index < -0.39 is 5.97 Å². The van der Waals surface area contributed by atoms with Gasteiger partial charge in [-0.05, 0) is 40.0 Å². The Hall–Kier alpha value is -1.89. The van der Waals surface area contributed by atoms with Crippen molar-refractivity contribution in [2.24, 2.45) is 5.92 Å². The highest BCUT2D eigenvalue weighted by molar-refractivity contribution is 9.10. The van der Waals surface area contributed by atoms with Gasteiger partial charge in [0.05, 0.1) is 10.0 Å². The standard InChI is InChI=1S/C14H16BrN3O3/c1-9(2)6-18-13(16-8-17-18)7-21-12-4-3-10(14(19)20)5-11(12)15/h3-5,8-9H,6-7H2,1-2H3,(H,19,20). The zero-order valence-electron chi connectivity index (χ0n) is 11.8. The lowest BCUT2D eigenvalue weighted by Crippen LogP contribution is -2.12. The molecule has 0 unspecified atom stereocenters. The van der Waals surface area contributed by atoms with Crippen molar-refractivity contribution in [3.05, 3.63) is 40.4 Å². The minimum Gasteiger partial charge on any atom is -0.484 e. The van der Waals surface area contributed by atoms with E-state index in [1.165, 1.54) is 18.5 Å². The van der Waals surface area contributed by atoms with Crippen molar-refractivity contribution in [2.45, 2.75) is 27.0 Å². The van der Waals surface area contributed by atoms with E-state index in [1.54, 1.807) is 6.07 Å². The van der Waals surface area contributed by atoms with Crippen molar-refractivity contribution in [1.82, 2.24) is 14.8 Å². The molecule has 0 fully saturated rings. The lowest BCUT2D eigenvalue weighted by molar-refractivity contribution is 0.0696. The minimum absolute atomic E-state index is 0.206. The van der Waals surface area contributed by atoms with E-state index >= 15 is 0 Å². The van der Waals surface area contributed by atoms with Gasteiger partial charge in [-0.25, -0.2) is 14.5 Å². The van der Waals surface area contributed by atoms with Crippen LogP contribution in [-0.4, -0.2) is 25.8 Å². The van der Waals surface area contributed by atoms with Gasteiger partial charge in [0.1, 0.15) is 18.7 Å². The van der Waals surface area contributed by atoms with E-state index in [2.05, 4.69) is 39.9 Å². The number of carboxylic acids is 1. The molecule has 0 saturated heterocycles. The quantitative estimate of drug-likeness (QED) is 0.863. The van der Waals surface area contributed by atoms with Crippen LogP contribution in [0.1, 0.15) is 30.0 Å². The highest BCUT2D eigenvalue weighted by Crippen LogP contribution is 2.26. The average Bonchev–Trinajstić information content (AvgIpc) is 2.83. The predicted molar refractivity (Wildman–Crippen MR) is 80.3 cm³/mol. The second kappa shape index (κ2) is 6.71. The van der Waals surface area contributed by atoms with Gasteiger partial charge in [-0.15, -0.1) is 0 Å². The molecule has 21 heavy (non-hydrogen) atoms. The summed E-state index contributed by atoms with van der Waals surface area (Å²) in [5, 5.41) is 13.1. The van der Waals surface area contributed by atoms with Crippen LogP contribution < -0.4 is 4.74 Å². The summed E-state index contributed by atoms with van der Waals surface area (Å²) in [6, 6.07) is 4.63. The van der Waals surface area contributed by atoms with E-state index in [-0.39, 0.29) is 12.2 Å². The zero-order valence-corrected chi connectivity index (χ0v) is 13.4. The second-order valence-corrected chi connectivity index (χ2v) is 5.85. The Morgan fingerprint density at radius 1 is 1.48 bits per heavy atom. The number of nitrogens with zero attached hydrogens (tertiary/aromatic N) is 3. The van der Waals surface area contributed by atoms with Crippen molar-refractivity contribution < 1.29 is 14.6 Å². The molecule has 1 aromatic heterocycles. The SMILES string of the molecule is CC(C)Cn1ncnc1COc1ccc(C(=O)O)cc1Br. The highest BCUT2D eigenvalue weighted by Gasteiger charge is 2.10. The van der Waals surface area contributed by atoms with Gasteiger partial charge in [-0.2, -0.15) is 5.10 Å². The topological polar surface area (TPSA) is 77.2 Å². The number of ether oxygens (including phenoxy) is 1. The van der Waals surface area contributed by atoms with Crippen LogP contribution in [0.15, 0.2) is 29.0 Å². The van der Waals surface area contributed by atoms with E-state index in [0.29, 0.717) is 16.1 Å². The maximum atomic E-state index is 10.9. The molecule has 112 valence electrons. The van der Waals surface area contributed by atoms with Crippen molar-refractivity contribution >= 4 is 21.9 Å². The molecule has 1 heterocycles. The largest absolute Gasteiger partial charge is 0.484 e. The highest BCUT2D eigenvalue weighted by atomic mass is 79.9. The van der Waals surface area contributed by atoms with Crippen molar-refractivity contribution in [1.29, 1.82) is 0 Å². The third kappa shape index (κ3) is 4.04. The number of carboxylic acid groups (broad SMARTS) is 1. The van der Waals surface area contributed by atoms with Gasteiger partial charge >= 0.3 is 5.97 Å². The first-order valence-electron chi connectivity index (χ1n) is 6.49. The van der Waals surface area contributed by atoms with Gasteiger partial charge in [-0.1, -0.05) is 13.8 Å². The monoisotopic (exact) mass is 353 g/mol. The molecule has 1 aromatic carbocycles. The van der Waals surface area contributed by atoms with Crippen LogP contribution in [0.3, 0.4) is 0 Å². The Balaban J connectivity index is 2.07. The van der Waals surface area contributed by atoms with Crippen molar-refractivity contribution in [3.63, 3.8) is 0 Å². The van der Waals surface area contributed by atoms with Gasteiger partial charge in [0.25, 0.3) is 0 Å². The van der Waals surface area contributed by atoms with Gasteiger partial charge in [0.15, 0.2) is 5.82 Å². The van der Waals surface area contributed by atoms with Gasteiger partial charge in [-0.3, -0.25) is 0 Å². The first kappa shape index (κ1) is 15.5. The van der Waals surface area contributed by atoms with Crippen LogP contribution in [0.25, 0.3) is 0 Å². The smallest absolute Gasteiger partial charge is 0.335 e. The maximum absolute atomic E-state index is 10.9. The Bertz CT molecular complexity index is 640. The van der Waals surface area contributed by atoms with Crippen molar-refractivity contribution in [3.8, 4) is 5.75 Å². The Morgan fingerprint density at radius 3 is 2.86 bits per heavy atom. The van der Waals surface area contributed by atoms with E-state index in [0.717, 1.165) is 12.4 Å². The first-order valence-corrected chi connectivity index (χ1v) is 7.29. The summed E-state index contributed by atoms with van der Waals surface area (Å²) in [6.07, 6.45) is 1.50. The van der Waals surface area contributed by atoms with E-state index in [1.807, 2.05) is 4.68 Å². The van der Waals surface area contributed by atoms with Crippen LogP contribution in [0.5, 0.6) is 5.75 Å². The predicted octanol–water partition coefficient (Wildman–Crippen LogP) is 2.97. The van der Waals surface area contributed by atoms with E-state index in [9.17, 15) is 4.79 Å². The summed E-state index contributed by atoms with van der Waals surface area (Å²) in [6.45, 7) is 5.26. The van der Waals surface area contributed by atoms with Gasteiger partial charge < -0.3 is 9.84 Å². The van der Waals surface area contributed by atoms with Crippen LogP contribution in [0, 0.1) is 5.92 Å². The third-order valence-corrected chi connectivity index (χ3v) is 3.39. The summed E-state index contributed by atoms with van der Waals surface area (Å²) in [5.74, 6) is 0.794. The molecular formula is C14H16BrN3O3. The second-order valence-electron chi connectivity index (χ2n) is 4.99. The molecule has 0 aliphatic heterocycles. The molecule has 1 N–H and O–H groups in total. The number of hydrogen-bond donors (Lipinski definition) is 1. The van der Waals surface area contributed by atoms with Crippen LogP contribution in [0.2, 0.25) is 0 Å². The summed E-state index contributed by atoms with van der Waals surface area (Å²) in [5.41, 5.74) is 0.206. The molecule has 0 saturated carbocycles. The van der Waals surface area contributed by atoms with E-state index in [4.69, 9.17) is 9.84 Å². The Kier molecular flexibility index (Phi) is 4.95. The number of aromatic nitrogens is 3. The average molecular weight is 354 g/mol. The molecule has 0 aliphatic rings. The fourth-order valence-electron chi connectivity index (χ4n) is 1.79. The number of hydrogen-bond acceptors (Lipinski definition) is 4. The summed E-state index contributed by atoms with van der Waals surface area (Å²) in [7, 11) is 0. The molecule has 0 bridgehead atoms. The number of carbonyl (C=O) groups is 1. The van der Waals surface area contributed by atoms with Gasteiger partial charge in [0, 0.05) is 6.54 Å². The van der Waals surface area contributed by atoms with Crippen LogP contribution in [-0.2, 0) is 13.2 Å². The lowest BCUT2D eigenvalue weighted by atomic mass is 10.2. The minimum atomic E-state index is -0.973. The maximum Gasteiger partial charge on any atom is 0.335 e. The van der Waals surface area contributed by atoms with Crippen LogP contribution in [0.4, 0.5) is 0 Å². The molecule has 7 heteroatoms. The third-order valence-electron chi connectivity index (χ3n) is 2.77. The number of rotatable bonds is 6. The summed E-state index contributed by atoms with van der Waals surface area (Å²) < 4.78 is 8.08. The number of benzene rings is 1. The molecule has 2 rings (SSSR count). The van der Waals surface area contributed by atoms with Crippen LogP contribution >= 0.6 is 15.9 Å². The molecule has 0 atom stereocenters. The summed E-state index contributed by atoms with van der Waals surface area (Å²) >= 11 is 3.31. The fraction of sp³-hybridized carbons (Fsp3) is 0.357. The van der Waals surface area contributed by atoms with Gasteiger partial charge in [0.2, 0.25) is 0 Å². The zero-order chi connectivity index (χ0) is 15.4. The Morgan fingerprint density at radius 2 is 2.24 bits per heavy atom. The summed E-state index contributed by atoms with van der Waals surface area (Å²) in [4.78, 5) is 15.1. The normalized spacial score (nSPS) is 10.9. The molecule has 0 amide bonds. The molecule has 0 radical (unpaired) electrons. The fourth-order valence-corrected chi connectivity index (χ4v) is 2.28. The first-order chi connectivity index (χ1) is 9.97. The molecule has 6 nitrogen and oxygen atoms in total. The van der Waals surface area contributed by atoms with Crippen molar-refractivity contribution in [2.75, 3.05) is 0 Å². The lowest BCUT2D eigenvalue weighted by Gasteiger charge is -2.11. The number of aromatic carboxylic acids is 1.